The van der Waals surface area contributed by atoms with Crippen molar-refractivity contribution in [3.05, 3.63) is 24.3 Å². The van der Waals surface area contributed by atoms with Gasteiger partial charge in [0.15, 0.2) is 0 Å². The molecule has 0 saturated carbocycles. The van der Waals surface area contributed by atoms with Crippen molar-refractivity contribution in [2.45, 2.75) is 219 Å². The minimum atomic E-state index is -0.660. The third-order valence-electron chi connectivity index (χ3n) is 8.88. The number of carboxylic acid groups (broad SMARTS) is 1. The molecule has 264 valence electrons. The van der Waals surface area contributed by atoms with Crippen LogP contribution in [0, 0.1) is 0 Å². The van der Waals surface area contributed by atoms with E-state index >= 15 is 0 Å². The van der Waals surface area contributed by atoms with Crippen molar-refractivity contribution in [3.63, 3.8) is 0 Å². The molecule has 0 saturated heterocycles. The van der Waals surface area contributed by atoms with Crippen LogP contribution in [0.2, 0.25) is 0 Å². The molecule has 0 aliphatic heterocycles. The second kappa shape index (κ2) is 38.6. The first-order chi connectivity index (χ1) is 22.2. The van der Waals surface area contributed by atoms with E-state index in [1.807, 2.05) is 0 Å². The van der Waals surface area contributed by atoms with Gasteiger partial charge in [0.2, 0.25) is 0 Å². The molecule has 0 bridgehead atoms. The summed E-state index contributed by atoms with van der Waals surface area (Å²) in [6, 6.07) is 0. The molecule has 0 amide bonds. The Morgan fingerprint density at radius 3 is 1.22 bits per heavy atom. The highest BCUT2D eigenvalue weighted by atomic mass is 16.5. The number of unbranched alkanes of at least 4 members (excludes halogenated alkanes) is 27. The molecule has 0 unspecified atom stereocenters. The van der Waals surface area contributed by atoms with Gasteiger partial charge in [0.05, 0.1) is 6.61 Å². The second-order valence-corrected chi connectivity index (χ2v) is 13.4. The standard InChI is InChI=1S/C41H76O4/c1-2-3-4-5-6-7-8-9-16-20-23-26-29-32-35-38-41(44)45-39-36-33-30-27-24-21-18-15-13-11-10-12-14-17-19-22-25-28-31-34-37-40(42)43/h6-7,9,16H,2-5,8,10-15,17-39H2,1H3,(H,42,43)/b7-6-,16-9-. The molecule has 0 aliphatic rings. The van der Waals surface area contributed by atoms with Crippen molar-refractivity contribution in [3.8, 4) is 0 Å². The zero-order chi connectivity index (χ0) is 32.7. The first kappa shape index (κ1) is 43.4. The Morgan fingerprint density at radius 2 is 0.800 bits per heavy atom. The number of hydrogen-bond acceptors (Lipinski definition) is 3. The lowest BCUT2D eigenvalue weighted by molar-refractivity contribution is -0.144. The van der Waals surface area contributed by atoms with Crippen molar-refractivity contribution in [2.75, 3.05) is 6.61 Å². The predicted octanol–water partition coefficient (Wildman–Crippen LogP) is 13.6. The molecule has 0 radical (unpaired) electrons. The predicted molar refractivity (Wildman–Crippen MR) is 195 cm³/mol. The maximum atomic E-state index is 12.0. The van der Waals surface area contributed by atoms with E-state index in [1.54, 1.807) is 0 Å². The van der Waals surface area contributed by atoms with Gasteiger partial charge in [-0.2, -0.15) is 0 Å². The highest BCUT2D eigenvalue weighted by Gasteiger charge is 2.03. The van der Waals surface area contributed by atoms with Crippen LogP contribution < -0.4 is 0 Å². The Labute approximate surface area is 280 Å². The third kappa shape index (κ3) is 40.4. The summed E-state index contributed by atoms with van der Waals surface area (Å²) in [5.74, 6) is -0.661. The molecule has 4 nitrogen and oxygen atoms in total. The number of aliphatic carboxylic acids is 1. The van der Waals surface area contributed by atoms with Gasteiger partial charge in [-0.25, -0.2) is 0 Å². The van der Waals surface area contributed by atoms with E-state index in [1.165, 1.54) is 161 Å². The van der Waals surface area contributed by atoms with Gasteiger partial charge in [-0.1, -0.05) is 179 Å². The van der Waals surface area contributed by atoms with Gasteiger partial charge in [0, 0.05) is 12.8 Å². The van der Waals surface area contributed by atoms with Crippen LogP contribution in [0.15, 0.2) is 24.3 Å². The number of hydrogen-bond donors (Lipinski definition) is 1. The molecule has 0 aromatic carbocycles. The Hall–Kier alpha value is -1.58. The number of carbonyl (C=O) groups is 2. The lowest BCUT2D eigenvalue weighted by atomic mass is 10.0. The summed E-state index contributed by atoms with van der Waals surface area (Å²) in [4.78, 5) is 22.4. The average molecular weight is 633 g/mol. The Balaban J connectivity index is 3.20. The smallest absolute Gasteiger partial charge is 0.305 e. The SMILES string of the molecule is CCCCC/C=C\C/C=C\CCCCCCCC(=O)OCCCCCCCCCCCCCCCCCCCCCCC(=O)O. The number of esters is 1. The zero-order valence-electron chi connectivity index (χ0n) is 30.0. The van der Waals surface area contributed by atoms with Crippen LogP contribution in [-0.2, 0) is 14.3 Å². The Bertz CT molecular complexity index is 668. The summed E-state index contributed by atoms with van der Waals surface area (Å²) < 4.78 is 5.44. The van der Waals surface area contributed by atoms with Crippen LogP contribution in [0.5, 0.6) is 0 Å². The highest BCUT2D eigenvalue weighted by molar-refractivity contribution is 5.69. The molecular formula is C41H76O4. The highest BCUT2D eigenvalue weighted by Crippen LogP contribution is 2.15. The Kier molecular flexibility index (Phi) is 37.2. The lowest BCUT2D eigenvalue weighted by Gasteiger charge is -2.06. The largest absolute Gasteiger partial charge is 0.481 e. The summed E-state index contributed by atoms with van der Waals surface area (Å²) in [5, 5.41) is 8.64. The van der Waals surface area contributed by atoms with Gasteiger partial charge in [0.25, 0.3) is 0 Å². The number of ether oxygens (including phenoxy) is 1. The summed E-state index contributed by atoms with van der Waals surface area (Å²) in [5.41, 5.74) is 0. The van der Waals surface area contributed by atoms with Crippen LogP contribution in [0.3, 0.4) is 0 Å². The molecule has 1 N–H and O–H groups in total. The van der Waals surface area contributed by atoms with Crippen LogP contribution in [0.25, 0.3) is 0 Å². The van der Waals surface area contributed by atoms with Crippen molar-refractivity contribution in [1.29, 1.82) is 0 Å². The van der Waals surface area contributed by atoms with Gasteiger partial charge in [-0.15, -0.1) is 0 Å². The molecule has 0 atom stereocenters. The van der Waals surface area contributed by atoms with Gasteiger partial charge >= 0.3 is 11.9 Å². The lowest BCUT2D eigenvalue weighted by Crippen LogP contribution is -2.05. The van der Waals surface area contributed by atoms with Crippen LogP contribution >= 0.6 is 0 Å². The first-order valence-electron chi connectivity index (χ1n) is 19.8. The minimum Gasteiger partial charge on any atom is -0.481 e. The first-order valence-corrected chi connectivity index (χ1v) is 19.8. The van der Waals surface area contributed by atoms with Crippen LogP contribution in [0.1, 0.15) is 219 Å². The van der Waals surface area contributed by atoms with E-state index in [-0.39, 0.29) is 5.97 Å². The van der Waals surface area contributed by atoms with Crippen LogP contribution in [0.4, 0.5) is 0 Å². The molecule has 4 heteroatoms. The maximum Gasteiger partial charge on any atom is 0.305 e. The normalized spacial score (nSPS) is 11.7. The van der Waals surface area contributed by atoms with Crippen molar-refractivity contribution >= 4 is 11.9 Å². The van der Waals surface area contributed by atoms with E-state index in [2.05, 4.69) is 31.2 Å². The molecule has 0 spiro atoms. The fraction of sp³-hybridized carbons (Fsp3) is 0.854. The summed E-state index contributed by atoms with van der Waals surface area (Å²) >= 11 is 0. The third-order valence-corrected chi connectivity index (χ3v) is 8.88. The minimum absolute atomic E-state index is 0.000944. The molecule has 45 heavy (non-hydrogen) atoms. The van der Waals surface area contributed by atoms with Gasteiger partial charge in [-0.3, -0.25) is 9.59 Å². The number of allylic oxidation sites excluding steroid dienone is 4. The average Bonchev–Trinajstić information content (AvgIpc) is 3.03. The maximum absolute atomic E-state index is 12.0. The quantitative estimate of drug-likeness (QED) is 0.0420. The number of rotatable bonds is 37. The molecule has 0 aliphatic carbocycles. The fourth-order valence-electron chi connectivity index (χ4n) is 5.90. The van der Waals surface area contributed by atoms with Gasteiger partial charge < -0.3 is 9.84 Å². The van der Waals surface area contributed by atoms with E-state index in [0.29, 0.717) is 19.4 Å². The monoisotopic (exact) mass is 633 g/mol. The van der Waals surface area contributed by atoms with Crippen molar-refractivity contribution in [1.82, 2.24) is 0 Å². The van der Waals surface area contributed by atoms with Crippen molar-refractivity contribution < 1.29 is 19.4 Å². The van der Waals surface area contributed by atoms with E-state index < -0.39 is 5.97 Å². The van der Waals surface area contributed by atoms with E-state index in [4.69, 9.17) is 9.84 Å². The summed E-state index contributed by atoms with van der Waals surface area (Å²) in [7, 11) is 0. The topological polar surface area (TPSA) is 63.6 Å². The molecule has 0 rings (SSSR count). The Morgan fingerprint density at radius 1 is 0.444 bits per heavy atom. The van der Waals surface area contributed by atoms with Gasteiger partial charge in [-0.05, 0) is 51.4 Å². The van der Waals surface area contributed by atoms with E-state index in [0.717, 1.165) is 38.5 Å². The number of carbonyl (C=O) groups excluding carboxylic acids is 1. The molecule has 0 fully saturated rings. The number of carboxylic acids is 1. The summed E-state index contributed by atoms with van der Waals surface area (Å²) in [6.07, 6.45) is 49.1. The molecular weight excluding hydrogens is 556 g/mol. The summed E-state index contributed by atoms with van der Waals surface area (Å²) in [6.45, 7) is 2.86. The molecule has 0 heterocycles. The fourth-order valence-corrected chi connectivity index (χ4v) is 5.90. The molecule has 0 aromatic rings. The van der Waals surface area contributed by atoms with Crippen molar-refractivity contribution in [2.24, 2.45) is 0 Å². The molecule has 0 aromatic heterocycles. The second-order valence-electron chi connectivity index (χ2n) is 13.4. The van der Waals surface area contributed by atoms with Crippen LogP contribution in [-0.4, -0.2) is 23.7 Å². The van der Waals surface area contributed by atoms with Gasteiger partial charge in [0.1, 0.15) is 0 Å². The zero-order valence-corrected chi connectivity index (χ0v) is 30.0. The van der Waals surface area contributed by atoms with E-state index in [9.17, 15) is 9.59 Å².